The topological polar surface area (TPSA) is 61.8 Å². The number of halogens is 4. The molecule has 2 N–H and O–H groups in total. The van der Waals surface area contributed by atoms with Crippen molar-refractivity contribution < 1.29 is 27.8 Å². The van der Waals surface area contributed by atoms with E-state index >= 15 is 0 Å². The zero-order valence-corrected chi connectivity index (χ0v) is 15.5. The molecule has 0 radical (unpaired) electrons. The summed E-state index contributed by atoms with van der Waals surface area (Å²) in [7, 11) is 0. The minimum absolute atomic E-state index is 0.0968. The molecule has 1 aliphatic rings. The van der Waals surface area contributed by atoms with Crippen LogP contribution in [0.2, 0.25) is 0 Å². The molecule has 0 unspecified atom stereocenters. The number of carbonyl (C=O) groups excluding carboxylic acids is 1. The standard InChI is InChI=1S/C18H16BrF3N2O3/c19-14-9-11(27-8-7-25)5-6-12(14)16-23-15-4-2-1-3-13(15)17(26)24(16)10-18(20,21)22/h1-6,9,16,23,25H,7-8,10H2/t16-/m0/s1. The zero-order valence-electron chi connectivity index (χ0n) is 14.0. The number of hydrogen-bond donors (Lipinski definition) is 2. The molecule has 0 aromatic heterocycles. The third-order valence-electron chi connectivity index (χ3n) is 4.00. The second-order valence-electron chi connectivity index (χ2n) is 5.90. The third-order valence-corrected chi connectivity index (χ3v) is 4.69. The van der Waals surface area contributed by atoms with E-state index in [1.54, 1.807) is 36.4 Å². The van der Waals surface area contributed by atoms with Crippen LogP contribution in [0, 0.1) is 0 Å². The number of ether oxygens (including phenoxy) is 1. The van der Waals surface area contributed by atoms with Gasteiger partial charge >= 0.3 is 6.18 Å². The maximum absolute atomic E-state index is 13.1. The van der Waals surface area contributed by atoms with E-state index < -0.39 is 24.8 Å². The van der Waals surface area contributed by atoms with E-state index in [0.717, 1.165) is 4.90 Å². The number of para-hydroxylation sites is 1. The van der Waals surface area contributed by atoms with Crippen molar-refractivity contribution in [1.82, 2.24) is 4.90 Å². The third kappa shape index (κ3) is 4.36. The highest BCUT2D eigenvalue weighted by molar-refractivity contribution is 9.10. The second kappa shape index (κ2) is 7.77. The number of amides is 1. The lowest BCUT2D eigenvalue weighted by atomic mass is 10.0. The molecule has 1 heterocycles. The summed E-state index contributed by atoms with van der Waals surface area (Å²) in [5, 5.41) is 11.8. The number of rotatable bonds is 5. The summed E-state index contributed by atoms with van der Waals surface area (Å²) in [6, 6.07) is 11.2. The maximum Gasteiger partial charge on any atom is 0.406 e. The van der Waals surface area contributed by atoms with Crippen LogP contribution in [0.25, 0.3) is 0 Å². The van der Waals surface area contributed by atoms with Crippen molar-refractivity contribution in [2.45, 2.75) is 12.3 Å². The largest absolute Gasteiger partial charge is 0.491 e. The average Bonchev–Trinajstić information content (AvgIpc) is 2.61. The lowest BCUT2D eigenvalue weighted by Gasteiger charge is -2.38. The van der Waals surface area contributed by atoms with E-state index in [2.05, 4.69) is 21.2 Å². The molecule has 0 fully saturated rings. The van der Waals surface area contributed by atoms with Gasteiger partial charge in [-0.25, -0.2) is 0 Å². The lowest BCUT2D eigenvalue weighted by molar-refractivity contribution is -0.144. The summed E-state index contributed by atoms with van der Waals surface area (Å²) >= 11 is 3.34. The number of anilines is 1. The van der Waals surface area contributed by atoms with Gasteiger partial charge in [-0.15, -0.1) is 0 Å². The lowest BCUT2D eigenvalue weighted by Crippen LogP contribution is -2.47. The fourth-order valence-electron chi connectivity index (χ4n) is 2.88. The first-order chi connectivity index (χ1) is 12.8. The van der Waals surface area contributed by atoms with Gasteiger partial charge in [0.15, 0.2) is 0 Å². The highest BCUT2D eigenvalue weighted by Crippen LogP contribution is 2.38. The maximum atomic E-state index is 13.1. The molecule has 0 saturated carbocycles. The Labute approximate surface area is 161 Å². The number of fused-ring (bicyclic) bond motifs is 1. The second-order valence-corrected chi connectivity index (χ2v) is 6.75. The fourth-order valence-corrected chi connectivity index (χ4v) is 3.45. The van der Waals surface area contributed by atoms with E-state index in [0.29, 0.717) is 21.5 Å². The van der Waals surface area contributed by atoms with Gasteiger partial charge in [0.05, 0.1) is 12.2 Å². The van der Waals surface area contributed by atoms with Gasteiger partial charge in [0.1, 0.15) is 25.1 Å². The highest BCUT2D eigenvalue weighted by atomic mass is 79.9. The minimum Gasteiger partial charge on any atom is -0.491 e. The summed E-state index contributed by atoms with van der Waals surface area (Å²) < 4.78 is 45.1. The number of nitrogens with zero attached hydrogens (tertiary/aromatic N) is 1. The first-order valence-electron chi connectivity index (χ1n) is 8.06. The quantitative estimate of drug-likeness (QED) is 0.732. The SMILES string of the molecule is O=C1c2ccccc2N[C@H](c2ccc(OCCO)cc2Br)N1CC(F)(F)F. The first-order valence-corrected chi connectivity index (χ1v) is 8.86. The molecule has 2 aromatic rings. The Kier molecular flexibility index (Phi) is 5.61. The Bertz CT molecular complexity index is 845. The number of alkyl halides is 3. The van der Waals surface area contributed by atoms with Crippen molar-refractivity contribution in [2.75, 3.05) is 25.1 Å². The average molecular weight is 445 g/mol. The van der Waals surface area contributed by atoms with Gasteiger partial charge in [-0.2, -0.15) is 13.2 Å². The predicted molar refractivity (Wildman–Crippen MR) is 96.6 cm³/mol. The Morgan fingerprint density at radius 2 is 1.96 bits per heavy atom. The fraction of sp³-hybridized carbons (Fsp3) is 0.278. The van der Waals surface area contributed by atoms with Crippen LogP contribution >= 0.6 is 15.9 Å². The van der Waals surface area contributed by atoms with E-state index in [-0.39, 0.29) is 18.8 Å². The van der Waals surface area contributed by atoms with Crippen LogP contribution in [-0.2, 0) is 0 Å². The van der Waals surface area contributed by atoms with Crippen molar-refractivity contribution in [3.8, 4) is 5.75 Å². The Balaban J connectivity index is 1.99. The van der Waals surface area contributed by atoms with Crippen LogP contribution in [0.1, 0.15) is 22.1 Å². The van der Waals surface area contributed by atoms with E-state index in [1.165, 1.54) is 6.07 Å². The molecule has 0 spiro atoms. The van der Waals surface area contributed by atoms with Crippen LogP contribution in [0.5, 0.6) is 5.75 Å². The van der Waals surface area contributed by atoms with E-state index in [1.807, 2.05) is 0 Å². The summed E-state index contributed by atoms with van der Waals surface area (Å²) in [5.74, 6) is -0.247. The van der Waals surface area contributed by atoms with Crippen molar-refractivity contribution in [2.24, 2.45) is 0 Å². The molecule has 1 aliphatic heterocycles. The van der Waals surface area contributed by atoms with Crippen molar-refractivity contribution >= 4 is 27.5 Å². The number of aliphatic hydroxyl groups excluding tert-OH is 1. The van der Waals surface area contributed by atoms with Gasteiger partial charge in [-0.1, -0.05) is 34.1 Å². The molecular weight excluding hydrogens is 429 g/mol. The summed E-state index contributed by atoms with van der Waals surface area (Å²) in [6.07, 6.45) is -5.55. The Hall–Kier alpha value is -2.26. The number of nitrogens with one attached hydrogen (secondary N) is 1. The van der Waals surface area contributed by atoms with Gasteiger partial charge in [-0.05, 0) is 24.3 Å². The molecule has 2 aromatic carbocycles. The molecule has 3 rings (SSSR count). The smallest absolute Gasteiger partial charge is 0.406 e. The normalized spacial score (nSPS) is 16.7. The van der Waals surface area contributed by atoms with Crippen LogP contribution in [0.4, 0.5) is 18.9 Å². The molecule has 9 heteroatoms. The molecule has 27 heavy (non-hydrogen) atoms. The van der Waals surface area contributed by atoms with Crippen molar-refractivity contribution in [3.63, 3.8) is 0 Å². The summed E-state index contributed by atoms with van der Waals surface area (Å²) in [5.41, 5.74) is 1.12. The van der Waals surface area contributed by atoms with Gasteiger partial charge in [0, 0.05) is 15.7 Å². The summed E-state index contributed by atoms with van der Waals surface area (Å²) in [4.78, 5) is 13.5. The van der Waals surface area contributed by atoms with Crippen LogP contribution in [-0.4, -0.2) is 41.8 Å². The number of benzene rings is 2. The van der Waals surface area contributed by atoms with E-state index in [9.17, 15) is 18.0 Å². The Morgan fingerprint density at radius 1 is 1.22 bits per heavy atom. The van der Waals surface area contributed by atoms with Gasteiger partial charge in [0.25, 0.3) is 5.91 Å². The first kappa shape index (κ1) is 19.5. The molecule has 1 atom stereocenters. The number of hydrogen-bond acceptors (Lipinski definition) is 4. The molecule has 144 valence electrons. The molecule has 0 aliphatic carbocycles. The monoisotopic (exact) mass is 444 g/mol. The summed E-state index contributed by atoms with van der Waals surface area (Å²) in [6.45, 7) is -1.44. The highest BCUT2D eigenvalue weighted by Gasteiger charge is 2.41. The van der Waals surface area contributed by atoms with Gasteiger partial charge in [-0.3, -0.25) is 4.79 Å². The Morgan fingerprint density at radius 3 is 2.63 bits per heavy atom. The molecule has 0 saturated heterocycles. The van der Waals surface area contributed by atoms with Gasteiger partial charge < -0.3 is 20.1 Å². The number of carbonyl (C=O) groups is 1. The molecule has 0 bridgehead atoms. The predicted octanol–water partition coefficient (Wildman–Crippen LogP) is 3.95. The van der Waals surface area contributed by atoms with E-state index in [4.69, 9.17) is 9.84 Å². The molecule has 1 amide bonds. The van der Waals surface area contributed by atoms with Crippen LogP contribution < -0.4 is 10.1 Å². The van der Waals surface area contributed by atoms with Crippen molar-refractivity contribution in [3.05, 3.63) is 58.1 Å². The number of aliphatic hydroxyl groups is 1. The van der Waals surface area contributed by atoms with Gasteiger partial charge in [0.2, 0.25) is 0 Å². The minimum atomic E-state index is -4.54. The van der Waals surface area contributed by atoms with Crippen LogP contribution in [0.15, 0.2) is 46.9 Å². The van der Waals surface area contributed by atoms with Crippen LogP contribution in [0.3, 0.4) is 0 Å². The molecule has 5 nitrogen and oxygen atoms in total. The van der Waals surface area contributed by atoms with Crippen molar-refractivity contribution in [1.29, 1.82) is 0 Å². The zero-order chi connectivity index (χ0) is 19.6. The molecular formula is C18H16BrF3N2O3.